The lowest BCUT2D eigenvalue weighted by Gasteiger charge is -2.13. The molecule has 0 unspecified atom stereocenters. The summed E-state index contributed by atoms with van der Waals surface area (Å²) in [5, 5.41) is 13.5. The van der Waals surface area contributed by atoms with Crippen LogP contribution in [0.5, 0.6) is 0 Å². The topological polar surface area (TPSA) is 55.1 Å². The van der Waals surface area contributed by atoms with Crippen LogP contribution in [0.3, 0.4) is 0 Å². The minimum atomic E-state index is -0.387. The molecule has 5 heteroatoms. The molecule has 20 heavy (non-hydrogen) atoms. The maximum absolute atomic E-state index is 14.0. The number of fused-ring (bicyclic) bond motifs is 1. The van der Waals surface area contributed by atoms with E-state index in [0.717, 1.165) is 18.5 Å². The van der Waals surface area contributed by atoms with Gasteiger partial charge in [0, 0.05) is 17.7 Å². The normalized spacial score (nSPS) is 14.4. The van der Waals surface area contributed by atoms with Gasteiger partial charge in [-0.3, -0.25) is 9.48 Å². The smallest absolute Gasteiger partial charge is 0.166 e. The monoisotopic (exact) mass is 274 g/mol. The molecule has 1 aromatic carbocycles. The zero-order valence-electron chi connectivity index (χ0n) is 11.0. The lowest BCUT2D eigenvalue weighted by molar-refractivity contribution is 0.0972. The van der Waals surface area contributed by atoms with Gasteiger partial charge in [0.05, 0.1) is 18.7 Å². The first-order chi connectivity index (χ1) is 9.72. The second kappa shape index (κ2) is 5.17. The molecular formula is C15H15FN2O2. The highest BCUT2D eigenvalue weighted by Gasteiger charge is 2.28. The largest absolute Gasteiger partial charge is 0.394 e. The second-order valence-corrected chi connectivity index (χ2v) is 4.87. The van der Waals surface area contributed by atoms with Crippen LogP contribution < -0.4 is 0 Å². The van der Waals surface area contributed by atoms with Gasteiger partial charge in [0.25, 0.3) is 0 Å². The molecule has 0 spiro atoms. The number of aromatic nitrogens is 2. The number of Topliss-reactive ketones (excluding diaryl/α,β-unsaturated/α-hetero) is 1. The van der Waals surface area contributed by atoms with Gasteiger partial charge >= 0.3 is 0 Å². The third-order valence-electron chi connectivity index (χ3n) is 3.59. The molecular weight excluding hydrogens is 259 g/mol. The van der Waals surface area contributed by atoms with E-state index in [9.17, 15) is 9.18 Å². The second-order valence-electron chi connectivity index (χ2n) is 4.87. The predicted octanol–water partition coefficient (Wildman–Crippen LogP) is 2.20. The Morgan fingerprint density at radius 3 is 2.85 bits per heavy atom. The highest BCUT2D eigenvalue weighted by Crippen LogP contribution is 2.32. The van der Waals surface area contributed by atoms with Crippen molar-refractivity contribution in [1.82, 2.24) is 9.78 Å². The first-order valence-corrected chi connectivity index (χ1v) is 6.71. The highest BCUT2D eigenvalue weighted by atomic mass is 19.1. The number of aliphatic hydroxyl groups excluding tert-OH is 1. The standard InChI is InChI=1S/C15H15FN2O2/c16-11-5-2-1-4-10(11)15-14-12(6-3-7-13(14)20)18(17-15)8-9-19/h1-2,4-5,19H,3,6-9H2. The molecule has 1 aliphatic carbocycles. The summed E-state index contributed by atoms with van der Waals surface area (Å²) >= 11 is 0. The van der Waals surface area contributed by atoms with Crippen molar-refractivity contribution in [2.24, 2.45) is 0 Å². The van der Waals surface area contributed by atoms with Gasteiger partial charge in [-0.05, 0) is 25.0 Å². The Morgan fingerprint density at radius 1 is 1.30 bits per heavy atom. The minimum absolute atomic E-state index is 0.00805. The van der Waals surface area contributed by atoms with Crippen molar-refractivity contribution in [1.29, 1.82) is 0 Å². The number of hydrogen-bond acceptors (Lipinski definition) is 3. The predicted molar refractivity (Wildman–Crippen MR) is 72.0 cm³/mol. The minimum Gasteiger partial charge on any atom is -0.394 e. The Balaban J connectivity index is 2.21. The molecule has 0 radical (unpaired) electrons. The number of ketones is 1. The van der Waals surface area contributed by atoms with Crippen molar-refractivity contribution >= 4 is 5.78 Å². The zero-order valence-corrected chi connectivity index (χ0v) is 11.0. The molecule has 0 bridgehead atoms. The summed E-state index contributed by atoms with van der Waals surface area (Å²) < 4.78 is 15.6. The third-order valence-corrected chi connectivity index (χ3v) is 3.59. The molecule has 1 N–H and O–H groups in total. The average Bonchev–Trinajstić information content (AvgIpc) is 2.80. The summed E-state index contributed by atoms with van der Waals surface area (Å²) in [7, 11) is 0. The van der Waals surface area contributed by atoms with Crippen molar-refractivity contribution < 1.29 is 14.3 Å². The van der Waals surface area contributed by atoms with E-state index in [1.165, 1.54) is 6.07 Å². The molecule has 1 heterocycles. The Bertz CT molecular complexity index is 664. The molecule has 0 amide bonds. The molecule has 0 fully saturated rings. The van der Waals surface area contributed by atoms with Crippen LogP contribution in [0.2, 0.25) is 0 Å². The molecule has 0 atom stereocenters. The lowest BCUT2D eigenvalue weighted by atomic mass is 9.92. The Morgan fingerprint density at radius 2 is 2.10 bits per heavy atom. The molecule has 0 aliphatic heterocycles. The van der Waals surface area contributed by atoms with Gasteiger partial charge in [-0.25, -0.2) is 4.39 Å². The number of rotatable bonds is 3. The fourth-order valence-electron chi connectivity index (χ4n) is 2.71. The quantitative estimate of drug-likeness (QED) is 0.933. The Hall–Kier alpha value is -2.01. The molecule has 104 valence electrons. The van der Waals surface area contributed by atoms with Gasteiger partial charge in [0.2, 0.25) is 0 Å². The van der Waals surface area contributed by atoms with E-state index in [1.807, 2.05) is 0 Å². The first kappa shape index (κ1) is 13.0. The van der Waals surface area contributed by atoms with Crippen molar-refractivity contribution in [2.75, 3.05) is 6.61 Å². The zero-order chi connectivity index (χ0) is 14.1. The summed E-state index contributed by atoms with van der Waals surface area (Å²) in [6.45, 7) is 0.267. The maximum atomic E-state index is 14.0. The fraction of sp³-hybridized carbons (Fsp3) is 0.333. The van der Waals surface area contributed by atoms with Crippen LogP contribution in [0.15, 0.2) is 24.3 Å². The van der Waals surface area contributed by atoms with E-state index in [2.05, 4.69) is 5.10 Å². The van der Waals surface area contributed by atoms with E-state index >= 15 is 0 Å². The van der Waals surface area contributed by atoms with Crippen LogP contribution in [-0.2, 0) is 13.0 Å². The number of hydrogen-bond donors (Lipinski definition) is 1. The van der Waals surface area contributed by atoms with Gasteiger partial charge in [0.15, 0.2) is 5.78 Å². The Labute approximate surface area is 115 Å². The van der Waals surface area contributed by atoms with Crippen LogP contribution in [0, 0.1) is 5.82 Å². The number of benzene rings is 1. The van der Waals surface area contributed by atoms with E-state index in [4.69, 9.17) is 5.11 Å². The van der Waals surface area contributed by atoms with Crippen LogP contribution >= 0.6 is 0 Å². The number of nitrogens with zero attached hydrogens (tertiary/aromatic N) is 2. The number of carbonyl (C=O) groups is 1. The number of halogens is 1. The molecule has 0 saturated carbocycles. The molecule has 3 rings (SSSR count). The maximum Gasteiger partial charge on any atom is 0.166 e. The van der Waals surface area contributed by atoms with E-state index in [1.54, 1.807) is 22.9 Å². The fourth-order valence-corrected chi connectivity index (χ4v) is 2.71. The summed E-state index contributed by atoms with van der Waals surface area (Å²) in [6, 6.07) is 6.32. The SMILES string of the molecule is O=C1CCCc2c1c(-c1ccccc1F)nn2CCO. The van der Waals surface area contributed by atoms with Gasteiger partial charge in [-0.1, -0.05) is 12.1 Å². The van der Waals surface area contributed by atoms with Crippen molar-refractivity contribution in [3.05, 3.63) is 41.3 Å². The van der Waals surface area contributed by atoms with Crippen LogP contribution in [-0.4, -0.2) is 27.3 Å². The van der Waals surface area contributed by atoms with Gasteiger partial charge in [-0.15, -0.1) is 0 Å². The molecule has 4 nitrogen and oxygen atoms in total. The molecule has 0 saturated heterocycles. The summed E-state index contributed by atoms with van der Waals surface area (Å²) in [5.74, 6) is -0.379. The van der Waals surface area contributed by atoms with Gasteiger partial charge in [-0.2, -0.15) is 5.10 Å². The van der Waals surface area contributed by atoms with Gasteiger partial charge in [0.1, 0.15) is 11.5 Å². The first-order valence-electron chi connectivity index (χ1n) is 6.71. The number of carbonyl (C=O) groups excluding carboxylic acids is 1. The van der Waals surface area contributed by atoms with E-state index in [0.29, 0.717) is 29.8 Å². The third kappa shape index (κ3) is 2.04. The molecule has 1 aliphatic rings. The van der Waals surface area contributed by atoms with E-state index in [-0.39, 0.29) is 18.2 Å². The van der Waals surface area contributed by atoms with Crippen LogP contribution in [0.25, 0.3) is 11.3 Å². The van der Waals surface area contributed by atoms with Crippen molar-refractivity contribution in [3.63, 3.8) is 0 Å². The lowest BCUT2D eigenvalue weighted by Crippen LogP contribution is -2.15. The number of aliphatic hydroxyl groups is 1. The molecule has 1 aromatic heterocycles. The summed E-state index contributed by atoms with van der Waals surface area (Å²) in [5.41, 5.74) is 2.08. The van der Waals surface area contributed by atoms with Crippen LogP contribution in [0.1, 0.15) is 28.9 Å². The highest BCUT2D eigenvalue weighted by molar-refractivity contribution is 6.03. The van der Waals surface area contributed by atoms with Crippen molar-refractivity contribution in [2.45, 2.75) is 25.8 Å². The van der Waals surface area contributed by atoms with Crippen LogP contribution in [0.4, 0.5) is 4.39 Å². The van der Waals surface area contributed by atoms with Crippen molar-refractivity contribution in [3.8, 4) is 11.3 Å². The van der Waals surface area contributed by atoms with E-state index < -0.39 is 0 Å². The average molecular weight is 274 g/mol. The Kier molecular flexibility index (Phi) is 3.36. The summed E-state index contributed by atoms with van der Waals surface area (Å²) in [4.78, 5) is 12.2. The molecule has 2 aromatic rings. The van der Waals surface area contributed by atoms with Gasteiger partial charge < -0.3 is 5.11 Å². The summed E-state index contributed by atoms with van der Waals surface area (Å²) in [6.07, 6.45) is 1.99.